The Morgan fingerprint density at radius 3 is 1.67 bits per heavy atom. The molecule has 0 fully saturated rings. The Morgan fingerprint density at radius 2 is 1.44 bits per heavy atom. The average Bonchev–Trinajstić information content (AvgIpc) is 1.69. The molecule has 1 rings (SSSR count). The molecule has 0 unspecified atom stereocenters. The lowest BCUT2D eigenvalue weighted by molar-refractivity contribution is -0.00000294. The highest BCUT2D eigenvalue weighted by Gasteiger charge is 1.74. The lowest BCUT2D eigenvalue weighted by Crippen LogP contribution is -3.00. The van der Waals surface area contributed by atoms with Crippen molar-refractivity contribution in [2.24, 2.45) is 0 Å². The van der Waals surface area contributed by atoms with E-state index in [1.54, 1.807) is 24.3 Å². The first kappa shape index (κ1) is 11.1. The topological polar surface area (TPSA) is 56.7 Å². The van der Waals surface area contributed by atoms with Crippen molar-refractivity contribution < 1.29 is 17.5 Å². The van der Waals surface area contributed by atoms with Gasteiger partial charge in [0, 0.05) is 0 Å². The lowest BCUT2D eigenvalue weighted by atomic mass is 10.3. The van der Waals surface area contributed by atoms with Crippen molar-refractivity contribution >= 4 is 0 Å². The van der Waals surface area contributed by atoms with Crippen LogP contribution in [0.1, 0.15) is 0 Å². The molecular weight excluding hydrogens is 138 g/mol. The van der Waals surface area contributed by atoms with Gasteiger partial charge in [0.1, 0.15) is 5.75 Å². The first-order valence-corrected chi connectivity index (χ1v) is 2.13. The summed E-state index contributed by atoms with van der Waals surface area (Å²) in [6.45, 7) is 0. The van der Waals surface area contributed by atoms with Crippen molar-refractivity contribution in [1.82, 2.24) is 6.15 Å². The second-order valence-corrected chi connectivity index (χ2v) is 1.34. The standard InChI is InChI=1S/C6H6O.ClH.H3N/c7-6-4-2-1-3-5-6;;/h1-5,7H;1H;1H3. The van der Waals surface area contributed by atoms with Gasteiger partial charge < -0.3 is 23.7 Å². The highest BCUT2D eigenvalue weighted by molar-refractivity contribution is 5.18. The quantitative estimate of drug-likeness (QED) is 0.475. The van der Waals surface area contributed by atoms with Crippen molar-refractivity contribution in [1.29, 1.82) is 0 Å². The predicted molar refractivity (Wildman–Crippen MR) is 34.1 cm³/mol. The number of hydrogen-bond donors (Lipinski definition) is 2. The van der Waals surface area contributed by atoms with Crippen LogP contribution in [0.3, 0.4) is 0 Å². The monoisotopic (exact) mass is 147 g/mol. The van der Waals surface area contributed by atoms with Crippen LogP contribution in [-0.4, -0.2) is 5.11 Å². The summed E-state index contributed by atoms with van der Waals surface area (Å²) in [5.74, 6) is 0.322. The molecule has 0 spiro atoms. The van der Waals surface area contributed by atoms with E-state index in [1.807, 2.05) is 6.07 Å². The molecule has 3 heteroatoms. The maximum absolute atomic E-state index is 8.63. The molecule has 52 valence electrons. The highest BCUT2D eigenvalue weighted by Crippen LogP contribution is 2.02. The van der Waals surface area contributed by atoms with Gasteiger partial charge in [-0.15, -0.1) is 0 Å². The zero-order valence-corrected chi connectivity index (χ0v) is 5.97. The van der Waals surface area contributed by atoms with Crippen molar-refractivity contribution in [3.8, 4) is 5.75 Å². The summed E-state index contributed by atoms with van der Waals surface area (Å²) in [4.78, 5) is 0. The van der Waals surface area contributed by atoms with E-state index >= 15 is 0 Å². The molecule has 0 aliphatic rings. The van der Waals surface area contributed by atoms with Gasteiger partial charge in [0.15, 0.2) is 0 Å². The van der Waals surface area contributed by atoms with Crippen LogP contribution in [0.5, 0.6) is 5.75 Å². The molecule has 0 heterocycles. The number of halogens is 1. The second-order valence-electron chi connectivity index (χ2n) is 1.34. The number of hydrogen-bond acceptors (Lipinski definition) is 1. The van der Waals surface area contributed by atoms with E-state index in [4.69, 9.17) is 5.11 Å². The van der Waals surface area contributed by atoms with Crippen LogP contribution in [0.4, 0.5) is 0 Å². The van der Waals surface area contributed by atoms with Crippen molar-refractivity contribution in [3.05, 3.63) is 30.3 Å². The van der Waals surface area contributed by atoms with Gasteiger partial charge in [-0.05, 0) is 12.1 Å². The Bertz CT molecular complexity index is 143. The molecule has 0 radical (unpaired) electrons. The van der Waals surface area contributed by atoms with E-state index < -0.39 is 0 Å². The van der Waals surface area contributed by atoms with Crippen LogP contribution in [0.25, 0.3) is 0 Å². The summed E-state index contributed by atoms with van der Waals surface area (Å²) in [7, 11) is 0. The van der Waals surface area contributed by atoms with Crippen LogP contribution in [0, 0.1) is 0 Å². The third-order valence-electron chi connectivity index (χ3n) is 0.756. The summed E-state index contributed by atoms with van der Waals surface area (Å²) in [5.41, 5.74) is 0. The fraction of sp³-hybridized carbons (Fsp3) is 0. The zero-order valence-electron chi connectivity index (χ0n) is 5.21. The minimum Gasteiger partial charge on any atom is -1.00 e. The summed E-state index contributed by atoms with van der Waals surface area (Å²) in [6.07, 6.45) is 0. The van der Waals surface area contributed by atoms with Gasteiger partial charge in [0.05, 0.1) is 0 Å². The van der Waals surface area contributed by atoms with Gasteiger partial charge in [-0.25, -0.2) is 0 Å². The molecule has 2 nitrogen and oxygen atoms in total. The molecule has 0 aliphatic carbocycles. The van der Waals surface area contributed by atoms with E-state index in [9.17, 15) is 0 Å². The molecule has 0 saturated heterocycles. The van der Waals surface area contributed by atoms with E-state index in [-0.39, 0.29) is 18.6 Å². The van der Waals surface area contributed by atoms with Crippen molar-refractivity contribution in [2.45, 2.75) is 0 Å². The van der Waals surface area contributed by atoms with Gasteiger partial charge in [0.25, 0.3) is 0 Å². The minimum atomic E-state index is 0. The smallest absolute Gasteiger partial charge is 0.115 e. The number of quaternary nitrogens is 1. The van der Waals surface area contributed by atoms with Crippen molar-refractivity contribution in [2.75, 3.05) is 0 Å². The molecular formula is C6H10ClNO. The van der Waals surface area contributed by atoms with Gasteiger partial charge in [-0.1, -0.05) is 18.2 Å². The number of aromatic hydroxyl groups is 1. The first-order valence-electron chi connectivity index (χ1n) is 2.13. The Hall–Kier alpha value is -0.730. The summed E-state index contributed by atoms with van der Waals surface area (Å²) < 4.78 is 0. The molecule has 0 saturated carbocycles. The zero-order chi connectivity index (χ0) is 5.11. The number of benzene rings is 1. The molecule has 5 N–H and O–H groups in total. The van der Waals surface area contributed by atoms with E-state index in [1.165, 1.54) is 0 Å². The second kappa shape index (κ2) is 5.41. The molecule has 1 aromatic rings. The van der Waals surface area contributed by atoms with E-state index in [0.29, 0.717) is 5.75 Å². The van der Waals surface area contributed by atoms with Gasteiger partial charge in [0.2, 0.25) is 0 Å². The van der Waals surface area contributed by atoms with Gasteiger partial charge in [-0.3, -0.25) is 0 Å². The maximum Gasteiger partial charge on any atom is 0.115 e. The molecule has 1 aromatic carbocycles. The fourth-order valence-corrected chi connectivity index (χ4v) is 0.428. The van der Waals surface area contributed by atoms with Crippen LogP contribution in [0.15, 0.2) is 30.3 Å². The normalized spacial score (nSPS) is 6.67. The van der Waals surface area contributed by atoms with E-state index in [0.717, 1.165) is 0 Å². The van der Waals surface area contributed by atoms with Crippen LogP contribution < -0.4 is 18.6 Å². The fourth-order valence-electron chi connectivity index (χ4n) is 0.428. The van der Waals surface area contributed by atoms with Crippen LogP contribution in [-0.2, 0) is 0 Å². The molecule has 0 amide bonds. The average molecular weight is 148 g/mol. The van der Waals surface area contributed by atoms with Crippen LogP contribution >= 0.6 is 0 Å². The maximum atomic E-state index is 8.63. The summed E-state index contributed by atoms with van der Waals surface area (Å²) in [6, 6.07) is 8.71. The minimum absolute atomic E-state index is 0. The third kappa shape index (κ3) is 3.82. The van der Waals surface area contributed by atoms with E-state index in [2.05, 4.69) is 0 Å². The summed E-state index contributed by atoms with van der Waals surface area (Å²) in [5, 5.41) is 8.63. The molecule has 0 bridgehead atoms. The molecule has 0 aliphatic heterocycles. The Kier molecular flexibility index (Phi) is 6.68. The largest absolute Gasteiger partial charge is 1.00 e. The number of para-hydroxylation sites is 1. The number of phenolic OH excluding ortho intramolecular Hbond substituents is 1. The molecule has 0 atom stereocenters. The number of rotatable bonds is 0. The Balaban J connectivity index is 0. The highest BCUT2D eigenvalue weighted by atomic mass is 35.5. The SMILES string of the molecule is Oc1ccccc1.[Cl-].[NH4+]. The third-order valence-corrected chi connectivity index (χ3v) is 0.756. The molecule has 9 heavy (non-hydrogen) atoms. The Labute approximate surface area is 60.5 Å². The Morgan fingerprint density at radius 1 is 1.00 bits per heavy atom. The lowest BCUT2D eigenvalue weighted by Gasteiger charge is -1.82. The van der Waals surface area contributed by atoms with Crippen LogP contribution in [0.2, 0.25) is 0 Å². The summed E-state index contributed by atoms with van der Waals surface area (Å²) >= 11 is 0. The predicted octanol–water partition coefficient (Wildman–Crippen LogP) is -1.23. The first-order chi connectivity index (χ1) is 3.39. The molecule has 0 aromatic heterocycles. The van der Waals surface area contributed by atoms with Gasteiger partial charge >= 0.3 is 0 Å². The van der Waals surface area contributed by atoms with Gasteiger partial charge in [-0.2, -0.15) is 0 Å². The van der Waals surface area contributed by atoms with Crippen molar-refractivity contribution in [3.63, 3.8) is 0 Å². The number of phenols is 1.